The molecular formula is C67H77F3N12O8S. The molecule has 3 amide bonds. The number of aromatic hydroxyl groups is 1. The van der Waals surface area contributed by atoms with E-state index in [9.17, 15) is 24.6 Å². The monoisotopic (exact) mass is 1270 g/mol. The van der Waals surface area contributed by atoms with Gasteiger partial charge in [-0.15, -0.1) is 17.8 Å². The smallest absolute Gasteiger partial charge is 0.410 e. The normalized spacial score (nSPS) is 21.2. The molecule has 0 aliphatic carbocycles. The van der Waals surface area contributed by atoms with Crippen LogP contribution in [-0.2, 0) is 14.3 Å². The number of nitrogens with zero attached hydrogens (tertiary/aromatic N) is 11. The van der Waals surface area contributed by atoms with E-state index in [2.05, 4.69) is 46.0 Å². The number of aliphatic hydroxyl groups is 1. The summed E-state index contributed by atoms with van der Waals surface area (Å²) in [4.78, 5) is 72.9. The molecule has 20 nitrogen and oxygen atoms in total. The number of pyridine rings is 1. The van der Waals surface area contributed by atoms with E-state index in [0.717, 1.165) is 34.5 Å². The number of β-amino-alcohol motifs (C(OH)–C–C–N with tert-alkyl or cyclic N) is 1. The molecule has 24 heteroatoms. The number of carbonyl (C=O) groups is 3. The van der Waals surface area contributed by atoms with Crippen molar-refractivity contribution in [1.82, 2.24) is 50.0 Å². The number of rotatable bonds is 16. The van der Waals surface area contributed by atoms with Crippen molar-refractivity contribution in [2.45, 2.75) is 128 Å². The molecular weight excluding hydrogens is 1190 g/mol. The maximum absolute atomic E-state index is 17.4. The number of alkyl halides is 1. The van der Waals surface area contributed by atoms with Gasteiger partial charge in [-0.3, -0.25) is 29.3 Å². The fourth-order valence-corrected chi connectivity index (χ4v) is 14.6. The lowest BCUT2D eigenvalue weighted by Crippen LogP contribution is -2.57. The molecule has 3 N–H and O–H groups in total. The first kappa shape index (κ1) is 63.1. The van der Waals surface area contributed by atoms with Gasteiger partial charge < -0.3 is 44.2 Å². The van der Waals surface area contributed by atoms with Crippen LogP contribution in [0.25, 0.3) is 43.4 Å². The Labute approximate surface area is 530 Å². The van der Waals surface area contributed by atoms with Gasteiger partial charge in [-0.05, 0) is 101 Å². The van der Waals surface area contributed by atoms with Gasteiger partial charge in [0.1, 0.15) is 58.4 Å². The van der Waals surface area contributed by atoms with E-state index < -0.39 is 47.1 Å². The third-order valence-corrected chi connectivity index (χ3v) is 19.4. The van der Waals surface area contributed by atoms with Crippen molar-refractivity contribution in [3.05, 3.63) is 101 Å². The standard InChI is InChI=1S/C67H77F3N12O8S/c1-9-48-51(68)17-14-43-28-46(83)29-49(56(43)48)58-57(69)59-50(32-71-58)61(80-33-44-15-16-45(34-80)82(44)65(87)89-66(6,7)8)75-64(74-59)88-27-26-77-20-18-67(70,19-21-77)36-78-22-24-79(25-23-78)54-31-53(90-76-54)55(38(2)3)63(86)81-35-47(84)30-52(81)62(85)73-39(4)41-10-12-42(13-11-41)60-40(5)72-37-91-60/h1,10-14,17,28-29,31-32,37-39,44-45,47,52,55,83-84H,15-16,18-27,30,33-36H2,2-8H3,(H,73,85)/t39?,44?,45?,47-,52+,55?/m1/s1. The molecule has 12 rings (SSSR count). The summed E-state index contributed by atoms with van der Waals surface area (Å²) in [7, 11) is 0. The summed E-state index contributed by atoms with van der Waals surface area (Å²) in [5.41, 5.74) is 2.23. The lowest BCUT2D eigenvalue weighted by atomic mass is 9.91. The number of aromatic nitrogens is 5. The summed E-state index contributed by atoms with van der Waals surface area (Å²) in [6, 6.07) is 13.4. The summed E-state index contributed by atoms with van der Waals surface area (Å²) < 4.78 is 67.3. The molecule has 9 heterocycles. The van der Waals surface area contributed by atoms with Crippen molar-refractivity contribution < 1.29 is 51.8 Å². The molecule has 2 bridgehead atoms. The number of hydrogen-bond acceptors (Lipinski definition) is 18. The van der Waals surface area contributed by atoms with Gasteiger partial charge in [-0.2, -0.15) is 9.97 Å². The number of amides is 3. The zero-order valence-electron chi connectivity index (χ0n) is 52.3. The Morgan fingerprint density at radius 1 is 0.923 bits per heavy atom. The lowest BCUT2D eigenvalue weighted by molar-refractivity contribution is -0.141. The van der Waals surface area contributed by atoms with E-state index in [0.29, 0.717) is 94.5 Å². The van der Waals surface area contributed by atoms with Gasteiger partial charge in [-0.25, -0.2) is 22.9 Å². The minimum Gasteiger partial charge on any atom is -0.508 e. The molecule has 5 aliphatic rings. The third kappa shape index (κ3) is 13.1. The van der Waals surface area contributed by atoms with Gasteiger partial charge >= 0.3 is 12.1 Å². The first-order valence-corrected chi connectivity index (χ1v) is 32.2. The molecule has 0 saturated carbocycles. The number of nitrogens with one attached hydrogen (secondary N) is 1. The zero-order chi connectivity index (χ0) is 64.2. The molecule has 0 radical (unpaired) electrons. The summed E-state index contributed by atoms with van der Waals surface area (Å²) in [5, 5.41) is 30.0. The maximum Gasteiger partial charge on any atom is 0.410 e. The predicted molar refractivity (Wildman–Crippen MR) is 340 cm³/mol. The highest BCUT2D eigenvalue weighted by molar-refractivity contribution is 7.13. The Balaban J connectivity index is 0.663. The van der Waals surface area contributed by atoms with Crippen LogP contribution in [-0.4, -0.2) is 187 Å². The van der Waals surface area contributed by atoms with Crippen LogP contribution in [0.2, 0.25) is 0 Å². The Morgan fingerprint density at radius 2 is 1.65 bits per heavy atom. The Morgan fingerprint density at radius 3 is 2.32 bits per heavy atom. The van der Waals surface area contributed by atoms with E-state index in [1.165, 1.54) is 35.4 Å². The number of halogens is 3. The number of benzene rings is 3. The van der Waals surface area contributed by atoms with Crippen LogP contribution < -0.4 is 19.9 Å². The predicted octanol–water partition coefficient (Wildman–Crippen LogP) is 9.40. The van der Waals surface area contributed by atoms with Crippen LogP contribution in [0.3, 0.4) is 0 Å². The number of hydrogen-bond donors (Lipinski definition) is 3. The largest absolute Gasteiger partial charge is 0.508 e. The molecule has 6 atom stereocenters. The van der Waals surface area contributed by atoms with Crippen molar-refractivity contribution in [3.63, 3.8) is 0 Å². The number of aliphatic hydroxyl groups excluding tert-OH is 1. The molecule has 3 aromatic carbocycles. The number of anilines is 2. The van der Waals surface area contributed by atoms with Gasteiger partial charge in [-0.1, -0.05) is 55.3 Å². The summed E-state index contributed by atoms with van der Waals surface area (Å²) in [6.07, 6.45) is 8.15. The number of aryl methyl sites for hydroxylation is 1. The molecule has 5 saturated heterocycles. The molecule has 5 aliphatic heterocycles. The Hall–Kier alpha value is -8.11. The van der Waals surface area contributed by atoms with Crippen LogP contribution in [0.5, 0.6) is 11.8 Å². The van der Waals surface area contributed by atoms with E-state index in [-0.39, 0.29) is 107 Å². The fraction of sp³-hybridized carbons (Fsp3) is 0.493. The van der Waals surface area contributed by atoms with Crippen LogP contribution in [0.4, 0.5) is 29.6 Å². The minimum absolute atomic E-state index is 0.0149. The van der Waals surface area contributed by atoms with Crippen LogP contribution in [0.1, 0.15) is 108 Å². The second-order valence-corrected chi connectivity index (χ2v) is 27.1. The Bertz CT molecular complexity index is 3900. The summed E-state index contributed by atoms with van der Waals surface area (Å²) in [6.45, 7) is 17.9. The van der Waals surface area contributed by atoms with E-state index >= 15 is 13.2 Å². The second kappa shape index (κ2) is 25.5. The quantitative estimate of drug-likeness (QED) is 0.0767. The SMILES string of the molecule is C#Cc1c(F)ccc2cc(O)cc(-c3ncc4c(N5CC6CCC(C5)N6C(=O)OC(C)(C)C)nc(OCCN5CCC(F)(CN6CCN(c7cc(C(C(=O)N8C[C@H](O)C[C@H]8C(=O)NC(C)c8ccc(-c9scnc9C)cc8)C(C)C)on7)CC6)CC5)nc4c3F)c12. The minimum atomic E-state index is -1.44. The van der Waals surface area contributed by atoms with E-state index in [4.69, 9.17) is 25.4 Å². The van der Waals surface area contributed by atoms with E-state index in [1.807, 2.05) is 83.1 Å². The van der Waals surface area contributed by atoms with Gasteiger partial charge in [0.15, 0.2) is 17.4 Å². The number of fused-ring (bicyclic) bond motifs is 4. The highest BCUT2D eigenvalue weighted by Gasteiger charge is 2.47. The molecule has 5 fully saturated rings. The number of carbonyl (C=O) groups excluding carboxylic acids is 3. The van der Waals surface area contributed by atoms with Crippen molar-refractivity contribution in [2.75, 3.05) is 88.4 Å². The highest BCUT2D eigenvalue weighted by atomic mass is 32.1. The third-order valence-electron chi connectivity index (χ3n) is 18.5. The topological polar surface area (TPSA) is 219 Å². The molecule has 0 spiro atoms. The molecule has 4 unspecified atom stereocenters. The van der Waals surface area contributed by atoms with Crippen LogP contribution in [0, 0.1) is 36.8 Å². The van der Waals surface area contributed by atoms with Gasteiger partial charge in [0.25, 0.3) is 0 Å². The average molecular weight is 1270 g/mol. The molecule has 91 heavy (non-hydrogen) atoms. The van der Waals surface area contributed by atoms with E-state index in [1.54, 1.807) is 22.3 Å². The molecule has 4 aromatic heterocycles. The lowest BCUT2D eigenvalue weighted by Gasteiger charge is -2.42. The van der Waals surface area contributed by atoms with Crippen molar-refractivity contribution in [3.8, 4) is 45.8 Å². The number of ether oxygens (including phenoxy) is 2. The van der Waals surface area contributed by atoms with Crippen molar-refractivity contribution >= 4 is 62.6 Å². The first-order chi connectivity index (χ1) is 43.5. The highest BCUT2D eigenvalue weighted by Crippen LogP contribution is 2.42. The van der Waals surface area contributed by atoms with Crippen molar-refractivity contribution in [2.24, 2.45) is 5.92 Å². The zero-order valence-corrected chi connectivity index (χ0v) is 53.1. The Kier molecular flexibility index (Phi) is 17.7. The average Bonchev–Trinajstić information content (AvgIpc) is 1.57. The number of phenolic OH excluding ortho intramolecular Hbond substituents is 1. The first-order valence-electron chi connectivity index (χ1n) is 31.3. The number of piperazine rings is 2. The van der Waals surface area contributed by atoms with Gasteiger partial charge in [0.2, 0.25) is 11.8 Å². The number of thiazole rings is 1. The number of piperidine rings is 1. The second-order valence-electron chi connectivity index (χ2n) is 26.3. The summed E-state index contributed by atoms with van der Waals surface area (Å²) in [5.74, 6) is 0.277. The number of phenols is 1. The number of terminal acetylenes is 1. The van der Waals surface area contributed by atoms with Crippen molar-refractivity contribution in [1.29, 1.82) is 0 Å². The maximum atomic E-state index is 17.4. The number of likely N-dealkylation sites (tertiary alicyclic amines) is 2. The molecule has 480 valence electrons. The summed E-state index contributed by atoms with van der Waals surface area (Å²) >= 11 is 1.57. The van der Waals surface area contributed by atoms with Gasteiger partial charge in [0, 0.05) is 102 Å². The van der Waals surface area contributed by atoms with Crippen LogP contribution in [0.15, 0.2) is 70.8 Å². The molecule has 7 aromatic rings. The van der Waals surface area contributed by atoms with Gasteiger partial charge in [0.05, 0.1) is 51.3 Å². The van der Waals surface area contributed by atoms with Crippen LogP contribution >= 0.6 is 11.3 Å². The fourth-order valence-electron chi connectivity index (χ4n) is 13.8.